The number of benzene rings is 1. The molecular formula is C17H23N5O. The van der Waals surface area contributed by atoms with Gasteiger partial charge < -0.3 is 15.1 Å². The Morgan fingerprint density at radius 2 is 1.43 bits per heavy atom. The summed E-state index contributed by atoms with van der Waals surface area (Å²) >= 11 is 0. The zero-order chi connectivity index (χ0) is 17.1. The molecule has 1 aromatic carbocycles. The van der Waals surface area contributed by atoms with Gasteiger partial charge in [-0.2, -0.15) is 0 Å². The lowest BCUT2D eigenvalue weighted by atomic mass is 10.1. The molecule has 6 nitrogen and oxygen atoms in total. The van der Waals surface area contributed by atoms with Crippen LogP contribution in [0.15, 0.2) is 24.3 Å². The van der Waals surface area contributed by atoms with Gasteiger partial charge in [-0.3, -0.25) is 4.79 Å². The Hall–Kier alpha value is -2.63. The first-order chi connectivity index (χ1) is 10.8. The van der Waals surface area contributed by atoms with E-state index >= 15 is 0 Å². The van der Waals surface area contributed by atoms with Crippen LogP contribution in [0.1, 0.15) is 21.7 Å². The van der Waals surface area contributed by atoms with Crippen LogP contribution in [0.5, 0.6) is 0 Å². The number of amides is 1. The highest BCUT2D eigenvalue weighted by Crippen LogP contribution is 2.21. The molecule has 0 unspecified atom stereocenters. The molecule has 0 fully saturated rings. The Bertz CT molecular complexity index is 684. The van der Waals surface area contributed by atoms with Gasteiger partial charge in [0.1, 0.15) is 0 Å². The van der Waals surface area contributed by atoms with Crippen LogP contribution in [0.3, 0.4) is 0 Å². The third-order valence-corrected chi connectivity index (χ3v) is 3.54. The van der Waals surface area contributed by atoms with E-state index in [4.69, 9.17) is 0 Å². The van der Waals surface area contributed by atoms with Crippen molar-refractivity contribution in [3.63, 3.8) is 0 Å². The number of hydrogen-bond donors (Lipinski definition) is 1. The standard InChI is InChI=1S/C17H23N5O/c1-11-15(12(2)19-17(18-11)22(5)6)20-16(23)13-7-9-14(10-8-13)21(3)4/h7-10H,1-6H3,(H,20,23). The van der Waals surface area contributed by atoms with E-state index < -0.39 is 0 Å². The smallest absolute Gasteiger partial charge is 0.255 e. The topological polar surface area (TPSA) is 61.4 Å². The molecule has 0 aliphatic carbocycles. The van der Waals surface area contributed by atoms with Gasteiger partial charge in [0.2, 0.25) is 5.95 Å². The highest BCUT2D eigenvalue weighted by Gasteiger charge is 2.14. The molecule has 0 atom stereocenters. The molecule has 6 heteroatoms. The number of aromatic nitrogens is 2. The Morgan fingerprint density at radius 1 is 0.913 bits per heavy atom. The zero-order valence-electron chi connectivity index (χ0n) is 14.5. The van der Waals surface area contributed by atoms with Crippen molar-refractivity contribution >= 4 is 23.2 Å². The molecule has 1 heterocycles. The van der Waals surface area contributed by atoms with Gasteiger partial charge in [0.25, 0.3) is 5.91 Å². The van der Waals surface area contributed by atoms with E-state index in [0.717, 1.165) is 17.1 Å². The van der Waals surface area contributed by atoms with Crippen molar-refractivity contribution in [1.82, 2.24) is 9.97 Å². The molecule has 122 valence electrons. The number of anilines is 3. The van der Waals surface area contributed by atoms with Crippen molar-refractivity contribution in [2.24, 2.45) is 0 Å². The first-order valence-electron chi connectivity index (χ1n) is 7.41. The predicted octanol–water partition coefficient (Wildman–Crippen LogP) is 2.48. The van der Waals surface area contributed by atoms with Crippen LogP contribution in [0.2, 0.25) is 0 Å². The quantitative estimate of drug-likeness (QED) is 0.939. The highest BCUT2D eigenvalue weighted by atomic mass is 16.1. The van der Waals surface area contributed by atoms with Gasteiger partial charge in [0.15, 0.2) is 0 Å². The monoisotopic (exact) mass is 313 g/mol. The summed E-state index contributed by atoms with van der Waals surface area (Å²) in [4.78, 5) is 25.1. The second-order valence-corrected chi connectivity index (χ2v) is 5.86. The molecule has 0 bridgehead atoms. The summed E-state index contributed by atoms with van der Waals surface area (Å²) < 4.78 is 0. The predicted molar refractivity (Wildman–Crippen MR) is 94.6 cm³/mol. The Morgan fingerprint density at radius 3 is 1.87 bits per heavy atom. The molecular weight excluding hydrogens is 290 g/mol. The zero-order valence-corrected chi connectivity index (χ0v) is 14.5. The number of carbonyl (C=O) groups excluding carboxylic acids is 1. The first kappa shape index (κ1) is 16.7. The average molecular weight is 313 g/mol. The van der Waals surface area contributed by atoms with Gasteiger partial charge in [-0.25, -0.2) is 9.97 Å². The maximum absolute atomic E-state index is 12.4. The van der Waals surface area contributed by atoms with E-state index in [2.05, 4.69) is 15.3 Å². The number of rotatable bonds is 4. The van der Waals surface area contributed by atoms with E-state index in [1.807, 2.05) is 76.1 Å². The van der Waals surface area contributed by atoms with E-state index in [-0.39, 0.29) is 5.91 Å². The van der Waals surface area contributed by atoms with Crippen LogP contribution in [-0.2, 0) is 0 Å². The van der Waals surface area contributed by atoms with Crippen LogP contribution in [0.4, 0.5) is 17.3 Å². The fourth-order valence-electron chi connectivity index (χ4n) is 2.18. The summed E-state index contributed by atoms with van der Waals surface area (Å²) in [7, 11) is 7.70. The fraction of sp³-hybridized carbons (Fsp3) is 0.353. The summed E-state index contributed by atoms with van der Waals surface area (Å²) in [5.74, 6) is 0.469. The molecule has 2 aromatic rings. The van der Waals surface area contributed by atoms with Crippen molar-refractivity contribution in [3.8, 4) is 0 Å². The van der Waals surface area contributed by atoms with Gasteiger partial charge in [-0.05, 0) is 38.1 Å². The molecule has 23 heavy (non-hydrogen) atoms. The van der Waals surface area contributed by atoms with Crippen molar-refractivity contribution in [3.05, 3.63) is 41.2 Å². The lowest BCUT2D eigenvalue weighted by Gasteiger charge is -2.16. The number of nitrogens with zero attached hydrogens (tertiary/aromatic N) is 4. The molecule has 0 saturated heterocycles. The minimum Gasteiger partial charge on any atom is -0.378 e. The maximum atomic E-state index is 12.4. The molecule has 2 rings (SSSR count). The molecule has 1 aromatic heterocycles. The molecule has 0 spiro atoms. The Kier molecular flexibility index (Phi) is 4.83. The molecule has 0 radical (unpaired) electrons. The van der Waals surface area contributed by atoms with Gasteiger partial charge >= 0.3 is 0 Å². The van der Waals surface area contributed by atoms with Gasteiger partial charge in [-0.1, -0.05) is 0 Å². The van der Waals surface area contributed by atoms with Crippen molar-refractivity contribution in [2.75, 3.05) is 43.3 Å². The maximum Gasteiger partial charge on any atom is 0.255 e. The molecule has 1 N–H and O–H groups in total. The summed E-state index contributed by atoms with van der Waals surface area (Å²) in [6.07, 6.45) is 0. The summed E-state index contributed by atoms with van der Waals surface area (Å²) in [5, 5.41) is 2.91. The molecule has 0 aliphatic rings. The Balaban J connectivity index is 2.23. The largest absolute Gasteiger partial charge is 0.378 e. The molecule has 0 saturated carbocycles. The number of carbonyl (C=O) groups is 1. The van der Waals surface area contributed by atoms with Crippen molar-refractivity contribution in [2.45, 2.75) is 13.8 Å². The van der Waals surface area contributed by atoms with Crippen LogP contribution in [0.25, 0.3) is 0 Å². The molecule has 0 aliphatic heterocycles. The van der Waals surface area contributed by atoms with Crippen LogP contribution < -0.4 is 15.1 Å². The normalized spacial score (nSPS) is 10.3. The van der Waals surface area contributed by atoms with Gasteiger partial charge in [0, 0.05) is 39.4 Å². The minimum atomic E-state index is -0.164. The third-order valence-electron chi connectivity index (χ3n) is 3.54. The number of aryl methyl sites for hydroxylation is 2. The highest BCUT2D eigenvalue weighted by molar-refractivity contribution is 6.05. The Labute approximate surface area is 137 Å². The average Bonchev–Trinajstić information content (AvgIpc) is 2.50. The van der Waals surface area contributed by atoms with Crippen molar-refractivity contribution in [1.29, 1.82) is 0 Å². The van der Waals surface area contributed by atoms with Gasteiger partial charge in [-0.15, -0.1) is 0 Å². The van der Waals surface area contributed by atoms with Crippen LogP contribution >= 0.6 is 0 Å². The van der Waals surface area contributed by atoms with Crippen molar-refractivity contribution < 1.29 is 4.79 Å². The third kappa shape index (κ3) is 3.77. The SMILES string of the molecule is Cc1nc(N(C)C)nc(C)c1NC(=O)c1ccc(N(C)C)cc1. The lowest BCUT2D eigenvalue weighted by molar-refractivity contribution is 0.102. The summed E-state index contributed by atoms with van der Waals surface area (Å²) in [6, 6.07) is 7.45. The second kappa shape index (κ2) is 6.64. The molecule has 1 amide bonds. The number of hydrogen-bond acceptors (Lipinski definition) is 5. The van der Waals surface area contributed by atoms with E-state index in [0.29, 0.717) is 17.2 Å². The lowest BCUT2D eigenvalue weighted by Crippen LogP contribution is -2.18. The van der Waals surface area contributed by atoms with E-state index in [1.54, 1.807) is 0 Å². The van der Waals surface area contributed by atoms with E-state index in [9.17, 15) is 4.79 Å². The second-order valence-electron chi connectivity index (χ2n) is 5.86. The number of nitrogens with one attached hydrogen (secondary N) is 1. The summed E-state index contributed by atoms with van der Waals surface area (Å²) in [6.45, 7) is 3.73. The van der Waals surface area contributed by atoms with Crippen LogP contribution in [0, 0.1) is 13.8 Å². The summed E-state index contributed by atoms with van der Waals surface area (Å²) in [5.41, 5.74) is 3.81. The van der Waals surface area contributed by atoms with Gasteiger partial charge in [0.05, 0.1) is 17.1 Å². The van der Waals surface area contributed by atoms with Crippen LogP contribution in [-0.4, -0.2) is 44.1 Å². The first-order valence-corrected chi connectivity index (χ1v) is 7.41. The fourth-order valence-corrected chi connectivity index (χ4v) is 2.18. The minimum absolute atomic E-state index is 0.164. The van der Waals surface area contributed by atoms with E-state index in [1.165, 1.54) is 0 Å².